The number of nitrogens with zero attached hydrogens (tertiary/aromatic N) is 2. The molecule has 3 amide bonds. The number of carbonyl (C=O) groups excluding carboxylic acids is 2. The number of fused-ring (bicyclic) bond motifs is 1. The molecule has 0 bridgehead atoms. The Hall–Kier alpha value is -4.58. The number of alkyl halides is 3. The maximum atomic E-state index is 13.9. The highest BCUT2D eigenvalue weighted by molar-refractivity contribution is 7.99. The number of hydrogen-bond acceptors (Lipinski definition) is 9. The van der Waals surface area contributed by atoms with Crippen LogP contribution >= 0.6 is 23.1 Å². The standard InChI is InChI=1S/C31H37F3N10O2S2/c32-31(33,34)19-15-23(42-26(45)3-1-12-40-29(37)38)27(47-14-11-36)24(16-19)44-30(46)41-21-8-9-22-25(17-21)48-28(43-22)18-4-6-20(7-5-18)39-13-2-10-35/h4-9,15-17,39H,1-3,10-14,35-36H2,(H,42,45)(H4,37,38,40)(H2,41,44,46). The molecule has 0 aliphatic rings. The summed E-state index contributed by atoms with van der Waals surface area (Å²) in [5.74, 6) is -0.363. The third-order valence-electron chi connectivity index (χ3n) is 6.65. The van der Waals surface area contributed by atoms with Crippen molar-refractivity contribution in [2.75, 3.05) is 53.2 Å². The Labute approximate surface area is 283 Å². The highest BCUT2D eigenvalue weighted by atomic mass is 32.2. The Bertz CT molecular complexity index is 1740. The van der Waals surface area contributed by atoms with Gasteiger partial charge in [0.1, 0.15) is 5.01 Å². The fraction of sp³-hybridized carbons (Fsp3) is 0.290. The number of anilines is 4. The van der Waals surface area contributed by atoms with E-state index in [9.17, 15) is 22.8 Å². The first kappa shape index (κ1) is 36.3. The molecule has 0 aliphatic carbocycles. The number of halogens is 3. The van der Waals surface area contributed by atoms with Gasteiger partial charge in [0.25, 0.3) is 0 Å². The van der Waals surface area contributed by atoms with Crippen LogP contribution in [0, 0.1) is 0 Å². The maximum absolute atomic E-state index is 13.9. The van der Waals surface area contributed by atoms with Crippen molar-refractivity contribution in [3.63, 3.8) is 0 Å². The molecule has 0 saturated heterocycles. The van der Waals surface area contributed by atoms with Gasteiger partial charge >= 0.3 is 12.2 Å². The number of thioether (sulfide) groups is 1. The quantitative estimate of drug-likeness (QED) is 0.0343. The van der Waals surface area contributed by atoms with Gasteiger partial charge in [-0.1, -0.05) is 0 Å². The molecule has 0 unspecified atom stereocenters. The van der Waals surface area contributed by atoms with E-state index in [1.165, 1.54) is 11.3 Å². The second-order valence-electron chi connectivity index (χ2n) is 10.4. The second-order valence-corrected chi connectivity index (χ2v) is 12.6. The van der Waals surface area contributed by atoms with E-state index in [0.29, 0.717) is 18.0 Å². The van der Waals surface area contributed by atoms with Crippen molar-refractivity contribution < 1.29 is 22.8 Å². The zero-order chi connectivity index (χ0) is 34.7. The number of aliphatic imine (C=N–C) groups is 1. The fourth-order valence-corrected chi connectivity index (χ4v) is 6.29. The minimum absolute atomic E-state index is 0.0448. The first-order valence-electron chi connectivity index (χ1n) is 14.9. The number of nitrogens with two attached hydrogens (primary N) is 4. The molecular formula is C31H37F3N10O2S2. The van der Waals surface area contributed by atoms with Crippen molar-refractivity contribution in [2.45, 2.75) is 30.3 Å². The van der Waals surface area contributed by atoms with E-state index in [1.807, 2.05) is 24.3 Å². The highest BCUT2D eigenvalue weighted by Crippen LogP contribution is 2.41. The van der Waals surface area contributed by atoms with E-state index in [2.05, 4.69) is 26.3 Å². The highest BCUT2D eigenvalue weighted by Gasteiger charge is 2.33. The Morgan fingerprint density at radius 1 is 0.896 bits per heavy atom. The molecule has 4 rings (SSSR count). The number of hydrogen-bond donors (Lipinski definition) is 8. The number of benzene rings is 3. The predicted molar refractivity (Wildman–Crippen MR) is 190 cm³/mol. The lowest BCUT2D eigenvalue weighted by Gasteiger charge is -2.19. The van der Waals surface area contributed by atoms with Crippen LogP contribution < -0.4 is 44.2 Å². The van der Waals surface area contributed by atoms with Crippen molar-refractivity contribution >= 4 is 74.0 Å². The van der Waals surface area contributed by atoms with Crippen molar-refractivity contribution in [1.82, 2.24) is 4.98 Å². The van der Waals surface area contributed by atoms with Crippen molar-refractivity contribution in [3.05, 3.63) is 60.2 Å². The summed E-state index contributed by atoms with van der Waals surface area (Å²) in [6.45, 7) is 1.77. The van der Waals surface area contributed by atoms with Gasteiger partial charge in [-0.05, 0) is 74.0 Å². The fourth-order valence-electron chi connectivity index (χ4n) is 4.43. The number of carbonyl (C=O) groups is 2. The van der Waals surface area contributed by atoms with E-state index in [-0.39, 0.29) is 48.2 Å². The second kappa shape index (κ2) is 17.0. The summed E-state index contributed by atoms with van der Waals surface area (Å²) in [5.41, 5.74) is 23.5. The van der Waals surface area contributed by atoms with Crippen LogP contribution in [0.4, 0.5) is 40.7 Å². The zero-order valence-corrected chi connectivity index (χ0v) is 27.5. The lowest BCUT2D eigenvalue weighted by molar-refractivity contribution is -0.137. The minimum atomic E-state index is -4.76. The smallest absolute Gasteiger partial charge is 0.385 e. The SMILES string of the molecule is NCCCNc1ccc(-c2nc3ccc(NC(=O)Nc4cc(C(F)(F)F)cc(NC(=O)CCCN=C(N)N)c4SCCN)cc3s2)cc1. The molecule has 256 valence electrons. The van der Waals surface area contributed by atoms with Crippen LogP contribution in [0.25, 0.3) is 20.8 Å². The molecule has 48 heavy (non-hydrogen) atoms. The van der Waals surface area contributed by atoms with Gasteiger partial charge in [0.15, 0.2) is 5.96 Å². The Morgan fingerprint density at radius 2 is 1.60 bits per heavy atom. The van der Waals surface area contributed by atoms with Crippen LogP contribution in [-0.4, -0.2) is 54.8 Å². The van der Waals surface area contributed by atoms with Gasteiger partial charge in [0.05, 0.1) is 32.1 Å². The Balaban J connectivity index is 1.52. The molecule has 3 aromatic carbocycles. The molecule has 4 aromatic rings. The van der Waals surface area contributed by atoms with Crippen molar-refractivity contribution in [2.24, 2.45) is 27.9 Å². The molecule has 1 aromatic heterocycles. The molecule has 17 heteroatoms. The monoisotopic (exact) mass is 702 g/mol. The number of aromatic nitrogens is 1. The van der Waals surface area contributed by atoms with Crippen molar-refractivity contribution in [1.29, 1.82) is 0 Å². The normalized spacial score (nSPS) is 11.3. The molecule has 0 radical (unpaired) electrons. The van der Waals surface area contributed by atoms with Crippen LogP contribution in [-0.2, 0) is 11.0 Å². The number of amides is 3. The number of rotatable bonds is 15. The summed E-state index contributed by atoms with van der Waals surface area (Å²) in [4.78, 5) is 34.5. The van der Waals surface area contributed by atoms with Gasteiger partial charge in [0, 0.05) is 48.7 Å². The van der Waals surface area contributed by atoms with E-state index < -0.39 is 23.7 Å². The average molecular weight is 703 g/mol. The van der Waals surface area contributed by atoms with Crippen molar-refractivity contribution in [3.8, 4) is 10.6 Å². The first-order valence-corrected chi connectivity index (χ1v) is 16.7. The van der Waals surface area contributed by atoms with Crippen LogP contribution in [0.5, 0.6) is 0 Å². The number of thiazole rings is 1. The van der Waals surface area contributed by atoms with Crippen LogP contribution in [0.15, 0.2) is 64.5 Å². The first-order chi connectivity index (χ1) is 23.0. The number of urea groups is 1. The largest absolute Gasteiger partial charge is 0.416 e. The number of nitrogens with one attached hydrogen (secondary N) is 4. The third-order valence-corrected chi connectivity index (χ3v) is 8.88. The van der Waals surface area contributed by atoms with Gasteiger partial charge in [-0.15, -0.1) is 23.1 Å². The van der Waals surface area contributed by atoms with Gasteiger partial charge < -0.3 is 44.2 Å². The summed E-state index contributed by atoms with van der Waals surface area (Å²) in [5, 5.41) is 11.8. The van der Waals surface area contributed by atoms with E-state index in [4.69, 9.17) is 27.9 Å². The Morgan fingerprint density at radius 3 is 2.27 bits per heavy atom. The van der Waals surface area contributed by atoms with Gasteiger partial charge in [0.2, 0.25) is 5.91 Å². The summed E-state index contributed by atoms with van der Waals surface area (Å²) in [6, 6.07) is 13.9. The number of guanidine groups is 1. The molecule has 0 atom stereocenters. The average Bonchev–Trinajstić information content (AvgIpc) is 3.46. The molecule has 0 fully saturated rings. The van der Waals surface area contributed by atoms with E-state index in [0.717, 1.165) is 63.3 Å². The predicted octanol–water partition coefficient (Wildman–Crippen LogP) is 5.43. The van der Waals surface area contributed by atoms with Gasteiger partial charge in [-0.2, -0.15) is 13.2 Å². The Kier molecular flexibility index (Phi) is 12.8. The lowest BCUT2D eigenvalue weighted by atomic mass is 10.1. The molecule has 12 nitrogen and oxygen atoms in total. The van der Waals surface area contributed by atoms with E-state index in [1.54, 1.807) is 18.2 Å². The zero-order valence-electron chi connectivity index (χ0n) is 25.8. The van der Waals surface area contributed by atoms with Crippen LogP contribution in [0.3, 0.4) is 0 Å². The van der Waals surface area contributed by atoms with Crippen LogP contribution in [0.2, 0.25) is 0 Å². The maximum Gasteiger partial charge on any atom is 0.416 e. The third kappa shape index (κ3) is 10.5. The summed E-state index contributed by atoms with van der Waals surface area (Å²) in [6.07, 6.45) is -3.67. The minimum Gasteiger partial charge on any atom is -0.385 e. The van der Waals surface area contributed by atoms with E-state index >= 15 is 0 Å². The molecule has 1 heterocycles. The molecule has 0 aliphatic heterocycles. The summed E-state index contributed by atoms with van der Waals surface area (Å²) < 4.78 is 42.5. The van der Waals surface area contributed by atoms with Crippen LogP contribution in [0.1, 0.15) is 24.8 Å². The summed E-state index contributed by atoms with van der Waals surface area (Å²) >= 11 is 2.54. The molecule has 12 N–H and O–H groups in total. The summed E-state index contributed by atoms with van der Waals surface area (Å²) in [7, 11) is 0. The van der Waals surface area contributed by atoms with Gasteiger partial charge in [-0.25, -0.2) is 9.78 Å². The lowest BCUT2D eigenvalue weighted by Crippen LogP contribution is -2.23. The van der Waals surface area contributed by atoms with Gasteiger partial charge in [-0.3, -0.25) is 9.79 Å². The molecule has 0 spiro atoms. The molecule has 0 saturated carbocycles. The molecular weight excluding hydrogens is 666 g/mol. The topological polar surface area (TPSA) is 212 Å².